The zero-order valence-corrected chi connectivity index (χ0v) is 12.8. The highest BCUT2D eigenvalue weighted by molar-refractivity contribution is 5.73. The third-order valence-electron chi connectivity index (χ3n) is 4.17. The Labute approximate surface area is 118 Å². The Morgan fingerprint density at radius 3 is 2.68 bits per heavy atom. The lowest BCUT2D eigenvalue weighted by Gasteiger charge is -2.32. The van der Waals surface area contributed by atoms with Crippen molar-refractivity contribution in [1.29, 1.82) is 0 Å². The topological polar surface area (TPSA) is 49.3 Å². The molecule has 19 heavy (non-hydrogen) atoms. The maximum Gasteiger partial charge on any atom is 0.320 e. The van der Waals surface area contributed by atoms with E-state index in [0.717, 1.165) is 43.9 Å². The Morgan fingerprint density at radius 2 is 2.11 bits per heavy atom. The van der Waals surface area contributed by atoms with Gasteiger partial charge >= 0.3 is 5.97 Å². The van der Waals surface area contributed by atoms with Gasteiger partial charge in [-0.3, -0.25) is 4.79 Å². The number of unbranched alkanes of at least 4 members (excludes halogenated alkanes) is 1. The van der Waals surface area contributed by atoms with Crippen LogP contribution in [0.4, 0.5) is 0 Å². The molecule has 0 aromatic heterocycles. The van der Waals surface area contributed by atoms with Gasteiger partial charge in [0.1, 0.15) is 6.04 Å². The highest BCUT2D eigenvalue weighted by Crippen LogP contribution is 2.29. The monoisotopic (exact) mass is 269 g/mol. The Kier molecular flexibility index (Phi) is 7.44. The van der Waals surface area contributed by atoms with Crippen LogP contribution in [-0.2, 0) is 4.79 Å². The molecule has 3 unspecified atom stereocenters. The maximum atomic E-state index is 11.3. The van der Waals surface area contributed by atoms with Gasteiger partial charge in [-0.15, -0.1) is 0 Å². The summed E-state index contributed by atoms with van der Waals surface area (Å²) < 4.78 is 0. The summed E-state index contributed by atoms with van der Waals surface area (Å²) in [6.07, 6.45) is 8.97. The van der Waals surface area contributed by atoms with Gasteiger partial charge in [0.25, 0.3) is 0 Å². The third kappa shape index (κ3) is 6.42. The second-order valence-corrected chi connectivity index (χ2v) is 6.56. The van der Waals surface area contributed by atoms with E-state index in [1.165, 1.54) is 19.3 Å². The van der Waals surface area contributed by atoms with Crippen LogP contribution in [0, 0.1) is 11.8 Å². The van der Waals surface area contributed by atoms with E-state index in [0.29, 0.717) is 6.04 Å². The van der Waals surface area contributed by atoms with Crippen LogP contribution in [0.1, 0.15) is 72.1 Å². The molecule has 0 aromatic carbocycles. The minimum absolute atomic E-state index is 0.345. The fraction of sp³-hybridized carbons (Fsp3) is 0.938. The molecule has 3 nitrogen and oxygen atoms in total. The number of nitrogens with one attached hydrogen (secondary N) is 1. The molecule has 0 radical (unpaired) electrons. The summed E-state index contributed by atoms with van der Waals surface area (Å²) in [4.78, 5) is 11.3. The van der Waals surface area contributed by atoms with Crippen molar-refractivity contribution in [2.45, 2.75) is 84.2 Å². The van der Waals surface area contributed by atoms with Crippen molar-refractivity contribution in [2.24, 2.45) is 11.8 Å². The van der Waals surface area contributed by atoms with E-state index in [4.69, 9.17) is 0 Å². The third-order valence-corrected chi connectivity index (χ3v) is 4.17. The van der Waals surface area contributed by atoms with Crippen molar-refractivity contribution in [3.8, 4) is 0 Å². The maximum absolute atomic E-state index is 11.3. The lowest BCUT2D eigenvalue weighted by atomic mass is 9.81. The molecular formula is C16H31NO2. The van der Waals surface area contributed by atoms with E-state index in [1.807, 2.05) is 0 Å². The van der Waals surface area contributed by atoms with E-state index in [1.54, 1.807) is 0 Å². The molecule has 0 spiro atoms. The molecule has 0 bridgehead atoms. The van der Waals surface area contributed by atoms with Crippen molar-refractivity contribution in [2.75, 3.05) is 0 Å². The van der Waals surface area contributed by atoms with Gasteiger partial charge in [0.05, 0.1) is 0 Å². The predicted octanol–water partition coefficient (Wildman–Crippen LogP) is 3.82. The van der Waals surface area contributed by atoms with Gasteiger partial charge in [-0.2, -0.15) is 0 Å². The van der Waals surface area contributed by atoms with E-state index in [9.17, 15) is 9.90 Å². The van der Waals surface area contributed by atoms with Gasteiger partial charge in [0, 0.05) is 6.04 Å². The van der Waals surface area contributed by atoms with Gasteiger partial charge in [-0.25, -0.2) is 0 Å². The number of carboxylic acids is 1. The summed E-state index contributed by atoms with van der Waals surface area (Å²) in [5, 5.41) is 12.7. The first kappa shape index (κ1) is 16.5. The average molecular weight is 269 g/mol. The van der Waals surface area contributed by atoms with Crippen molar-refractivity contribution in [1.82, 2.24) is 5.32 Å². The van der Waals surface area contributed by atoms with Crippen molar-refractivity contribution in [3.05, 3.63) is 0 Å². The summed E-state index contributed by atoms with van der Waals surface area (Å²) in [5.41, 5.74) is 0. The highest BCUT2D eigenvalue weighted by Gasteiger charge is 2.26. The molecule has 0 amide bonds. The zero-order valence-electron chi connectivity index (χ0n) is 12.8. The molecule has 1 aliphatic rings. The van der Waals surface area contributed by atoms with Crippen molar-refractivity contribution >= 4 is 5.97 Å². The molecule has 3 atom stereocenters. The molecule has 112 valence electrons. The largest absolute Gasteiger partial charge is 0.480 e. The predicted molar refractivity (Wildman–Crippen MR) is 79.3 cm³/mol. The Bertz CT molecular complexity index is 265. The van der Waals surface area contributed by atoms with E-state index >= 15 is 0 Å². The number of carboxylic acid groups (broad SMARTS) is 1. The van der Waals surface area contributed by atoms with Crippen LogP contribution >= 0.6 is 0 Å². The van der Waals surface area contributed by atoms with Crippen LogP contribution < -0.4 is 5.32 Å². The van der Waals surface area contributed by atoms with Gasteiger partial charge < -0.3 is 10.4 Å². The van der Waals surface area contributed by atoms with Gasteiger partial charge in [-0.05, 0) is 37.5 Å². The number of carbonyl (C=O) groups is 1. The second kappa shape index (κ2) is 8.57. The van der Waals surface area contributed by atoms with Crippen LogP contribution in [-0.4, -0.2) is 23.2 Å². The van der Waals surface area contributed by atoms with Crippen LogP contribution in [0.3, 0.4) is 0 Å². The lowest BCUT2D eigenvalue weighted by molar-refractivity contribution is -0.140. The molecule has 1 rings (SSSR count). The summed E-state index contributed by atoms with van der Waals surface area (Å²) >= 11 is 0. The first-order valence-corrected chi connectivity index (χ1v) is 8.01. The molecule has 0 saturated heterocycles. The summed E-state index contributed by atoms with van der Waals surface area (Å²) in [6.45, 7) is 6.66. The zero-order chi connectivity index (χ0) is 14.3. The van der Waals surface area contributed by atoms with Crippen LogP contribution in [0.5, 0.6) is 0 Å². The van der Waals surface area contributed by atoms with E-state index < -0.39 is 5.97 Å². The van der Waals surface area contributed by atoms with Crippen molar-refractivity contribution < 1.29 is 9.90 Å². The Balaban J connectivity index is 2.42. The van der Waals surface area contributed by atoms with Crippen LogP contribution in [0.2, 0.25) is 0 Å². The quantitative estimate of drug-likeness (QED) is 0.704. The molecule has 1 aliphatic carbocycles. The summed E-state index contributed by atoms with van der Waals surface area (Å²) in [6, 6.07) is 0.0678. The van der Waals surface area contributed by atoms with E-state index in [2.05, 4.69) is 26.1 Å². The molecule has 0 heterocycles. The normalized spacial score (nSPS) is 25.5. The van der Waals surface area contributed by atoms with Crippen LogP contribution in [0.15, 0.2) is 0 Å². The Morgan fingerprint density at radius 1 is 1.37 bits per heavy atom. The second-order valence-electron chi connectivity index (χ2n) is 6.56. The first-order chi connectivity index (χ1) is 9.02. The Hall–Kier alpha value is -0.570. The fourth-order valence-corrected chi connectivity index (χ4v) is 3.29. The van der Waals surface area contributed by atoms with Gasteiger partial charge in [-0.1, -0.05) is 46.5 Å². The summed E-state index contributed by atoms with van der Waals surface area (Å²) in [5.74, 6) is 0.852. The molecule has 0 aromatic rings. The minimum atomic E-state index is -0.681. The standard InChI is InChI=1S/C16H31NO2/c1-4-5-9-15(16(18)19)17-14-8-6-7-13(11-14)10-12(2)3/h12-15,17H,4-11H2,1-3H3,(H,18,19). The highest BCUT2D eigenvalue weighted by atomic mass is 16.4. The number of aliphatic carboxylic acids is 1. The van der Waals surface area contributed by atoms with E-state index in [-0.39, 0.29) is 6.04 Å². The molecule has 1 fully saturated rings. The summed E-state index contributed by atoms with van der Waals surface area (Å²) in [7, 11) is 0. The minimum Gasteiger partial charge on any atom is -0.480 e. The smallest absolute Gasteiger partial charge is 0.320 e. The van der Waals surface area contributed by atoms with Gasteiger partial charge in [0.2, 0.25) is 0 Å². The fourth-order valence-electron chi connectivity index (χ4n) is 3.29. The molecule has 3 heteroatoms. The number of hydrogen-bond acceptors (Lipinski definition) is 2. The van der Waals surface area contributed by atoms with Crippen molar-refractivity contribution in [3.63, 3.8) is 0 Å². The first-order valence-electron chi connectivity index (χ1n) is 8.01. The SMILES string of the molecule is CCCCC(NC1CCCC(CC(C)C)C1)C(=O)O. The van der Waals surface area contributed by atoms with Gasteiger partial charge in [0.15, 0.2) is 0 Å². The molecule has 0 aliphatic heterocycles. The molecular weight excluding hydrogens is 238 g/mol. The molecule has 1 saturated carbocycles. The lowest BCUT2D eigenvalue weighted by Crippen LogP contribution is -2.45. The average Bonchev–Trinajstić information content (AvgIpc) is 2.33. The number of rotatable bonds is 8. The number of hydrogen-bond donors (Lipinski definition) is 2. The van der Waals surface area contributed by atoms with Crippen LogP contribution in [0.25, 0.3) is 0 Å². The molecule has 2 N–H and O–H groups in total.